The van der Waals surface area contributed by atoms with Crippen molar-refractivity contribution >= 4 is 38.5 Å². The maximum Gasteiger partial charge on any atom is 0.138 e. The lowest BCUT2D eigenvalue weighted by molar-refractivity contribution is 0.409. The second-order valence-corrected chi connectivity index (χ2v) is 12.2. The van der Waals surface area contributed by atoms with Crippen LogP contribution >= 0.6 is 0 Å². The molecule has 5 nitrogen and oxygen atoms in total. The van der Waals surface area contributed by atoms with Gasteiger partial charge in [-0.25, -0.2) is 4.99 Å². The molecule has 0 spiro atoms. The van der Waals surface area contributed by atoms with E-state index in [1.807, 2.05) is 30.5 Å². The lowest BCUT2D eigenvalue weighted by atomic mass is 9.93. The zero-order valence-electron chi connectivity index (χ0n) is 25.3. The van der Waals surface area contributed by atoms with Crippen LogP contribution in [0, 0.1) is 0 Å². The van der Waals surface area contributed by atoms with Crippen LogP contribution in [0.4, 0.5) is 0 Å². The largest absolute Gasteiger partial charge is 0.456 e. The van der Waals surface area contributed by atoms with E-state index in [4.69, 9.17) is 9.41 Å². The fourth-order valence-corrected chi connectivity index (χ4v) is 7.46. The molecule has 2 aromatic heterocycles. The molecule has 8 aromatic rings. The van der Waals surface area contributed by atoms with Crippen molar-refractivity contribution in [2.24, 2.45) is 4.99 Å². The van der Waals surface area contributed by atoms with Crippen molar-refractivity contribution in [3.05, 3.63) is 163 Å². The Morgan fingerprint density at radius 2 is 1.23 bits per heavy atom. The molecular weight excluding hydrogens is 576 g/mol. The topological polar surface area (TPSA) is 62.5 Å². The van der Waals surface area contributed by atoms with Crippen molar-refractivity contribution in [1.82, 2.24) is 15.6 Å². The first-order valence-corrected chi connectivity index (χ1v) is 16.0. The Morgan fingerprint density at radius 3 is 2.09 bits per heavy atom. The van der Waals surface area contributed by atoms with Crippen LogP contribution in [0.3, 0.4) is 0 Å². The summed E-state index contributed by atoms with van der Waals surface area (Å²) in [5, 5.41) is 12.1. The minimum atomic E-state index is -0.264. The smallest absolute Gasteiger partial charge is 0.138 e. The predicted molar refractivity (Wildman–Crippen MR) is 190 cm³/mol. The summed E-state index contributed by atoms with van der Waals surface area (Å²) in [7, 11) is 0. The molecule has 5 heteroatoms. The summed E-state index contributed by atoms with van der Waals surface area (Å²) in [6.07, 6.45) is 3.23. The molecule has 2 aliphatic rings. The standard InChI is InChI=1S/C42H28N4O/c1-2-8-26(9-3-1)40-44-41(46-42(45-40)34-14-7-15-37-39(34)35-24-43-23-22-36(35)47-37)27-18-16-25(17-19-27)28-20-21-33-30-11-5-4-10-29(30)32-13-6-12-31(28)38(32)33/h1-24,40-41,44H,(H,45,46). The molecule has 0 radical (unpaired) electrons. The summed E-state index contributed by atoms with van der Waals surface area (Å²) in [6, 6.07) is 47.3. The van der Waals surface area contributed by atoms with Crippen LogP contribution in [0.2, 0.25) is 0 Å². The Kier molecular flexibility index (Phi) is 5.71. The molecule has 0 saturated carbocycles. The van der Waals surface area contributed by atoms with Gasteiger partial charge in [-0.15, -0.1) is 0 Å². The number of nitrogens with one attached hydrogen (secondary N) is 2. The molecule has 0 bridgehead atoms. The number of furan rings is 1. The fraction of sp³-hybridized carbons (Fsp3) is 0.0476. The number of pyridine rings is 1. The maximum absolute atomic E-state index is 6.19. The molecule has 2 N–H and O–H groups in total. The van der Waals surface area contributed by atoms with Crippen LogP contribution in [-0.2, 0) is 0 Å². The van der Waals surface area contributed by atoms with E-state index < -0.39 is 0 Å². The summed E-state index contributed by atoms with van der Waals surface area (Å²) >= 11 is 0. The van der Waals surface area contributed by atoms with E-state index in [0.29, 0.717) is 0 Å². The van der Waals surface area contributed by atoms with Crippen molar-refractivity contribution in [2.45, 2.75) is 12.3 Å². The highest BCUT2D eigenvalue weighted by molar-refractivity contribution is 6.19. The molecule has 47 heavy (non-hydrogen) atoms. The number of aromatic nitrogens is 1. The van der Waals surface area contributed by atoms with Crippen molar-refractivity contribution in [3.63, 3.8) is 0 Å². The van der Waals surface area contributed by atoms with Crippen LogP contribution in [0.25, 0.3) is 66.1 Å². The van der Waals surface area contributed by atoms with Crippen LogP contribution in [0.15, 0.2) is 155 Å². The third-order valence-electron chi connectivity index (χ3n) is 9.63. The first-order chi connectivity index (χ1) is 23.3. The Bertz CT molecular complexity index is 2500. The highest BCUT2D eigenvalue weighted by Crippen LogP contribution is 2.49. The molecule has 0 saturated heterocycles. The van der Waals surface area contributed by atoms with Gasteiger partial charge in [0.05, 0.1) is 0 Å². The number of rotatable bonds is 4. The highest BCUT2D eigenvalue weighted by Gasteiger charge is 2.27. The van der Waals surface area contributed by atoms with Gasteiger partial charge in [0.25, 0.3) is 0 Å². The fourth-order valence-electron chi connectivity index (χ4n) is 7.46. The molecule has 1 aliphatic heterocycles. The summed E-state index contributed by atoms with van der Waals surface area (Å²) in [4.78, 5) is 9.66. The summed E-state index contributed by atoms with van der Waals surface area (Å²) in [6.45, 7) is 0. The molecule has 10 rings (SSSR count). The van der Waals surface area contributed by atoms with Crippen LogP contribution in [0.1, 0.15) is 29.0 Å². The van der Waals surface area contributed by atoms with E-state index in [9.17, 15) is 0 Å². The van der Waals surface area contributed by atoms with Crippen LogP contribution in [0.5, 0.6) is 0 Å². The van der Waals surface area contributed by atoms with E-state index in [2.05, 4.69) is 125 Å². The normalized spacial score (nSPS) is 16.7. The minimum Gasteiger partial charge on any atom is -0.456 e. The number of nitrogens with zero attached hydrogens (tertiary/aromatic N) is 2. The zero-order chi connectivity index (χ0) is 30.9. The van der Waals surface area contributed by atoms with Gasteiger partial charge in [0, 0.05) is 28.7 Å². The molecule has 3 heterocycles. The van der Waals surface area contributed by atoms with Crippen LogP contribution in [-0.4, -0.2) is 10.8 Å². The first kappa shape index (κ1) is 26.2. The first-order valence-electron chi connectivity index (χ1n) is 16.0. The van der Waals surface area contributed by atoms with Crippen LogP contribution < -0.4 is 10.6 Å². The molecule has 0 fully saturated rings. The minimum absolute atomic E-state index is 0.141. The van der Waals surface area contributed by atoms with Crippen molar-refractivity contribution in [1.29, 1.82) is 0 Å². The van der Waals surface area contributed by atoms with Gasteiger partial charge < -0.3 is 9.73 Å². The number of benzene rings is 6. The number of hydrogen-bond acceptors (Lipinski definition) is 5. The zero-order valence-corrected chi connectivity index (χ0v) is 25.3. The van der Waals surface area contributed by atoms with E-state index in [0.717, 1.165) is 44.5 Å². The van der Waals surface area contributed by atoms with Crippen molar-refractivity contribution in [2.75, 3.05) is 0 Å². The van der Waals surface area contributed by atoms with Crippen molar-refractivity contribution in [3.8, 4) is 33.4 Å². The monoisotopic (exact) mass is 604 g/mol. The summed E-state index contributed by atoms with van der Waals surface area (Å²) in [5.74, 6) is 0.816. The number of hydrogen-bond donors (Lipinski definition) is 2. The molecule has 0 amide bonds. The molecular formula is C42H28N4O. The molecule has 6 aromatic carbocycles. The second-order valence-electron chi connectivity index (χ2n) is 12.2. The van der Waals surface area contributed by atoms with Gasteiger partial charge >= 0.3 is 0 Å². The third-order valence-corrected chi connectivity index (χ3v) is 9.63. The van der Waals surface area contributed by atoms with Gasteiger partial charge in [0.2, 0.25) is 0 Å². The number of fused-ring (bicyclic) bond motifs is 6. The molecule has 222 valence electrons. The van der Waals surface area contributed by atoms with Crippen molar-refractivity contribution < 1.29 is 4.42 Å². The quantitative estimate of drug-likeness (QED) is 0.210. The Hall–Kier alpha value is -6.04. The molecule has 1 aliphatic carbocycles. The van der Waals surface area contributed by atoms with E-state index >= 15 is 0 Å². The van der Waals surface area contributed by atoms with Gasteiger partial charge in [-0.3, -0.25) is 10.3 Å². The van der Waals surface area contributed by atoms with Gasteiger partial charge in [0.1, 0.15) is 29.3 Å². The highest BCUT2D eigenvalue weighted by atomic mass is 16.3. The Morgan fingerprint density at radius 1 is 0.511 bits per heavy atom. The van der Waals surface area contributed by atoms with E-state index in [1.165, 1.54) is 44.2 Å². The average molecular weight is 605 g/mol. The van der Waals surface area contributed by atoms with Gasteiger partial charge in [-0.1, -0.05) is 121 Å². The maximum atomic E-state index is 6.19. The molecule has 2 atom stereocenters. The van der Waals surface area contributed by atoms with Gasteiger partial charge in [-0.2, -0.15) is 0 Å². The van der Waals surface area contributed by atoms with E-state index in [-0.39, 0.29) is 12.3 Å². The average Bonchev–Trinajstić information content (AvgIpc) is 3.69. The Labute approximate surface area is 271 Å². The SMILES string of the molecule is c1ccc(C2NC(c3cccc4oc5ccncc5c34)=NC(c3ccc(-c4ccc5c6c(cccc46)-c4ccccc4-5)cc3)N2)cc1. The lowest BCUT2D eigenvalue weighted by Gasteiger charge is -2.32. The number of amidine groups is 1. The van der Waals surface area contributed by atoms with E-state index in [1.54, 1.807) is 6.20 Å². The summed E-state index contributed by atoms with van der Waals surface area (Å²) < 4.78 is 6.19. The predicted octanol–water partition coefficient (Wildman–Crippen LogP) is 9.79. The number of aliphatic imine (C=N–C) groups is 1. The van der Waals surface area contributed by atoms with Gasteiger partial charge in [0.15, 0.2) is 0 Å². The summed E-state index contributed by atoms with van der Waals surface area (Å²) in [5.41, 5.74) is 12.5. The van der Waals surface area contributed by atoms with Gasteiger partial charge in [-0.05, 0) is 67.4 Å². The third kappa shape index (κ3) is 4.07. The lowest BCUT2D eigenvalue weighted by Crippen LogP contribution is -2.45. The second kappa shape index (κ2) is 10.2. The molecule has 2 unspecified atom stereocenters. The Balaban J connectivity index is 1.07.